The third-order valence-electron chi connectivity index (χ3n) is 12.1. The summed E-state index contributed by atoms with van der Waals surface area (Å²) < 4.78 is 31.3. The number of amides is 5. The number of primary sulfonamides is 1. The second-order valence-corrected chi connectivity index (χ2v) is 20.1. The van der Waals surface area contributed by atoms with Crippen LogP contribution in [-0.2, 0) is 24.4 Å². The molecule has 69 heavy (non-hydrogen) atoms. The number of unbranched alkanes of at least 4 members (excludes halogenated alkanes) is 3. The molecule has 2 saturated heterocycles. The van der Waals surface area contributed by atoms with Crippen LogP contribution in [-0.4, -0.2) is 95.2 Å². The number of nitrogens with zero attached hydrogens (tertiary/aromatic N) is 5. The van der Waals surface area contributed by atoms with Gasteiger partial charge in [-0.15, -0.1) is 0 Å². The Morgan fingerprint density at radius 3 is 2.42 bits per heavy atom. The fraction of sp³-hybridized carbons (Fsp3) is 0.447. The van der Waals surface area contributed by atoms with E-state index < -0.39 is 27.9 Å². The Hall–Kier alpha value is -6.61. The molecule has 1 aromatic heterocycles. The molecule has 0 radical (unpaired) electrons. The van der Waals surface area contributed by atoms with Crippen molar-refractivity contribution >= 4 is 57.2 Å². The summed E-state index contributed by atoms with van der Waals surface area (Å²) in [5.74, 6) is -1.31. The maximum Gasteiger partial charge on any atom is 0.334 e. The summed E-state index contributed by atoms with van der Waals surface area (Å²) in [6.45, 7) is 6.15. The first-order valence-electron chi connectivity index (χ1n) is 23.0. The number of nitrogens with two attached hydrogens (primary N) is 1. The number of aromatic hydroxyl groups is 1. The van der Waals surface area contributed by atoms with Gasteiger partial charge in [0.25, 0.3) is 5.91 Å². The Morgan fingerprint density at radius 2 is 1.70 bits per heavy atom. The molecule has 2 aliphatic heterocycles. The van der Waals surface area contributed by atoms with E-state index in [1.165, 1.54) is 53.2 Å². The van der Waals surface area contributed by atoms with Gasteiger partial charge in [-0.3, -0.25) is 14.4 Å². The molecule has 20 nitrogen and oxygen atoms in total. The van der Waals surface area contributed by atoms with Crippen LogP contribution in [0.3, 0.4) is 0 Å². The van der Waals surface area contributed by atoms with Gasteiger partial charge in [0.2, 0.25) is 21.8 Å². The summed E-state index contributed by atoms with van der Waals surface area (Å²) in [7, 11) is -3.96. The number of sulfonamides is 1. The van der Waals surface area contributed by atoms with E-state index in [1.807, 2.05) is 18.7 Å². The summed E-state index contributed by atoms with van der Waals surface area (Å²) in [4.78, 5) is 67.2. The van der Waals surface area contributed by atoms with Crippen LogP contribution < -0.4 is 36.5 Å². The van der Waals surface area contributed by atoms with Gasteiger partial charge >= 0.3 is 12.0 Å². The topological polar surface area (TPSA) is 302 Å². The SMILES string of the molecule is Cc1cc(-c2ccc(C)c(O)c2OC(=O)[C@H](CCCCNC(=O)CCCCCNC(=O)C(C)CCC[C@@H]2SC[C@@H]3NC(=O)N[C@@H]32)NC(=O)c2ccc(N=[N+]=[N-])cc2)n(-c2ccc(S(N)(=O)=O)cc2)n1. The van der Waals surface area contributed by atoms with Crippen LogP contribution >= 0.6 is 11.8 Å². The van der Waals surface area contributed by atoms with Crippen molar-refractivity contribution in [3.8, 4) is 28.4 Å². The van der Waals surface area contributed by atoms with Gasteiger partial charge in [0.1, 0.15) is 6.04 Å². The zero-order chi connectivity index (χ0) is 49.7. The number of fused-ring (bicyclic) bond motifs is 1. The maximum atomic E-state index is 14.1. The average Bonchev–Trinajstić information content (AvgIpc) is 4.01. The van der Waals surface area contributed by atoms with Gasteiger partial charge in [-0.25, -0.2) is 27.8 Å². The number of aryl methyl sites for hydroxylation is 2. The maximum absolute atomic E-state index is 14.1. The summed E-state index contributed by atoms with van der Waals surface area (Å²) in [6, 6.07) is 15.5. The van der Waals surface area contributed by atoms with Crippen molar-refractivity contribution < 1.29 is 42.2 Å². The first kappa shape index (κ1) is 51.8. The quantitative estimate of drug-likeness (QED) is 0.00801. The number of benzene rings is 3. The zero-order valence-corrected chi connectivity index (χ0v) is 40.4. The van der Waals surface area contributed by atoms with Gasteiger partial charge in [0.05, 0.1) is 34.1 Å². The smallest absolute Gasteiger partial charge is 0.334 e. The molecule has 8 N–H and O–H groups in total. The minimum Gasteiger partial charge on any atom is -0.504 e. The molecule has 5 atom stereocenters. The number of hydrogen-bond acceptors (Lipinski definition) is 12. The van der Waals surface area contributed by atoms with Crippen molar-refractivity contribution in [3.63, 3.8) is 0 Å². The molecule has 3 heterocycles. The molecule has 5 amide bonds. The Labute approximate surface area is 405 Å². The van der Waals surface area contributed by atoms with Crippen LogP contribution in [0.5, 0.6) is 11.5 Å². The minimum atomic E-state index is -3.96. The number of rotatable bonds is 24. The molecule has 2 fully saturated rings. The number of phenols is 1. The molecule has 2 aliphatic rings. The lowest BCUT2D eigenvalue weighted by Gasteiger charge is -2.20. The standard InChI is InChI=1S/C47H59N11O9S2/c1-28-14-23-35(38-26-30(3)56-58(38)33-19-21-34(22-20-33)69(49,65)66)43(42(28)60)67-46(63)36(52-45(62)31-15-17-32(18-16-31)55-57-48)11-6-8-24-50-40(59)13-5-4-7-25-51-44(61)29(2)10-9-12-39-41-37(27-68-39)53-47(64)54-41/h14-23,26,29,36-37,39,41,60H,4-13,24-25,27H2,1-3H3,(H,50,59)(H,51,61)(H,52,62)(H2,49,65,66)(H2,53,54,64)/t29?,36-,37-,39-,41-/m0/s1. The van der Waals surface area contributed by atoms with Gasteiger partial charge in [-0.1, -0.05) is 43.1 Å². The van der Waals surface area contributed by atoms with Crippen molar-refractivity contribution in [3.05, 3.63) is 94.0 Å². The number of hydrogen-bond donors (Lipinski definition) is 7. The number of thioether (sulfide) groups is 1. The number of esters is 1. The second kappa shape index (κ2) is 24.1. The van der Waals surface area contributed by atoms with Gasteiger partial charge < -0.3 is 36.4 Å². The number of carbonyl (C=O) groups is 5. The first-order valence-corrected chi connectivity index (χ1v) is 25.6. The van der Waals surface area contributed by atoms with Crippen LogP contribution in [0.2, 0.25) is 0 Å². The average molecular weight is 986 g/mol. The van der Waals surface area contributed by atoms with Crippen LogP contribution in [0.25, 0.3) is 27.4 Å². The predicted molar refractivity (Wildman–Crippen MR) is 260 cm³/mol. The van der Waals surface area contributed by atoms with E-state index >= 15 is 0 Å². The number of ether oxygens (including phenoxy) is 1. The van der Waals surface area contributed by atoms with Gasteiger partial charge in [-0.05, 0) is 118 Å². The van der Waals surface area contributed by atoms with Crippen LogP contribution in [0.1, 0.15) is 92.7 Å². The molecule has 368 valence electrons. The number of urea groups is 1. The monoisotopic (exact) mass is 985 g/mol. The van der Waals surface area contributed by atoms with E-state index in [2.05, 4.69) is 41.7 Å². The zero-order valence-electron chi connectivity index (χ0n) is 38.8. The van der Waals surface area contributed by atoms with E-state index in [9.17, 15) is 37.5 Å². The molecular formula is C47H59N11O9S2. The number of azide groups is 1. The Morgan fingerprint density at radius 1 is 0.971 bits per heavy atom. The second-order valence-electron chi connectivity index (χ2n) is 17.3. The third-order valence-corrected chi connectivity index (χ3v) is 14.5. The molecule has 4 aromatic rings. The van der Waals surface area contributed by atoms with Crippen LogP contribution in [0.15, 0.2) is 76.7 Å². The summed E-state index contributed by atoms with van der Waals surface area (Å²) >= 11 is 1.87. The fourth-order valence-electron chi connectivity index (χ4n) is 8.20. The first-order chi connectivity index (χ1) is 33.0. The molecule has 0 aliphatic carbocycles. The van der Waals surface area contributed by atoms with Crippen molar-refractivity contribution in [2.45, 2.75) is 113 Å². The van der Waals surface area contributed by atoms with Crippen molar-refractivity contribution in [2.75, 3.05) is 18.8 Å². The molecule has 22 heteroatoms. The summed E-state index contributed by atoms with van der Waals surface area (Å²) in [5.41, 5.74) is 11.4. The third kappa shape index (κ3) is 14.2. The van der Waals surface area contributed by atoms with Crippen molar-refractivity contribution in [1.82, 2.24) is 36.4 Å². The minimum absolute atomic E-state index is 0.0165. The van der Waals surface area contributed by atoms with E-state index in [0.29, 0.717) is 72.3 Å². The fourth-order valence-corrected chi connectivity index (χ4v) is 10.3. The molecule has 0 spiro atoms. The highest BCUT2D eigenvalue weighted by atomic mass is 32.2. The number of carbonyl (C=O) groups excluding carboxylic acids is 5. The van der Waals surface area contributed by atoms with E-state index in [4.69, 9.17) is 15.4 Å². The highest BCUT2D eigenvalue weighted by Gasteiger charge is 2.42. The number of phenolic OH excluding ortho intramolecular Hbond substituents is 1. The molecule has 1 unspecified atom stereocenters. The lowest BCUT2D eigenvalue weighted by atomic mass is 9.98. The number of aromatic nitrogens is 2. The molecular weight excluding hydrogens is 927 g/mol. The number of nitrogens with one attached hydrogen (secondary N) is 5. The largest absolute Gasteiger partial charge is 0.504 e. The summed E-state index contributed by atoms with van der Waals surface area (Å²) in [5, 5.41) is 39.7. The van der Waals surface area contributed by atoms with E-state index in [1.54, 1.807) is 32.0 Å². The lowest BCUT2D eigenvalue weighted by molar-refractivity contribution is -0.137. The Bertz CT molecular complexity index is 2660. The molecule has 6 rings (SSSR count). The van der Waals surface area contributed by atoms with E-state index in [0.717, 1.165) is 37.9 Å². The Balaban J connectivity index is 0.993. The van der Waals surface area contributed by atoms with Crippen LogP contribution in [0, 0.1) is 19.8 Å². The predicted octanol–water partition coefficient (Wildman–Crippen LogP) is 6.09. The van der Waals surface area contributed by atoms with Gasteiger partial charge in [0.15, 0.2) is 11.5 Å². The normalized spacial score (nSPS) is 17.1. The highest BCUT2D eigenvalue weighted by Crippen LogP contribution is 2.41. The lowest BCUT2D eigenvalue weighted by Crippen LogP contribution is -2.43. The molecule has 0 bridgehead atoms. The van der Waals surface area contributed by atoms with Gasteiger partial charge in [0, 0.05) is 58.2 Å². The highest BCUT2D eigenvalue weighted by molar-refractivity contribution is 8.00. The Kier molecular flexibility index (Phi) is 18.1. The van der Waals surface area contributed by atoms with Crippen molar-refractivity contribution in [1.29, 1.82) is 0 Å². The molecule has 0 saturated carbocycles. The summed E-state index contributed by atoms with van der Waals surface area (Å²) in [6.07, 6.45) is 6.05. The van der Waals surface area contributed by atoms with Gasteiger partial charge in [-0.2, -0.15) is 16.9 Å². The molecule has 3 aromatic carbocycles. The van der Waals surface area contributed by atoms with Crippen molar-refractivity contribution in [2.24, 2.45) is 16.2 Å². The van der Waals surface area contributed by atoms with Crippen LogP contribution in [0.4, 0.5) is 10.5 Å². The van der Waals surface area contributed by atoms with E-state index in [-0.39, 0.29) is 69.8 Å².